The fourth-order valence-corrected chi connectivity index (χ4v) is 6.92. The van der Waals surface area contributed by atoms with Gasteiger partial charge in [0.1, 0.15) is 0 Å². The summed E-state index contributed by atoms with van der Waals surface area (Å²) >= 11 is 3.41. The van der Waals surface area contributed by atoms with Gasteiger partial charge in [0.15, 0.2) is 6.61 Å². The Morgan fingerprint density at radius 1 is 0.949 bits per heavy atom. The van der Waals surface area contributed by atoms with Crippen molar-refractivity contribution in [1.29, 1.82) is 0 Å². The van der Waals surface area contributed by atoms with E-state index in [2.05, 4.69) is 33.4 Å². The Morgan fingerprint density at radius 2 is 1.67 bits per heavy atom. The Hall–Kier alpha value is -3.78. The van der Waals surface area contributed by atoms with Gasteiger partial charge < -0.3 is 10.1 Å². The summed E-state index contributed by atoms with van der Waals surface area (Å²) in [6, 6.07) is 21.9. The van der Waals surface area contributed by atoms with Crippen LogP contribution in [0.5, 0.6) is 0 Å². The van der Waals surface area contributed by atoms with Gasteiger partial charge in [0.2, 0.25) is 11.8 Å². The van der Waals surface area contributed by atoms with E-state index in [1.807, 2.05) is 37.3 Å². The van der Waals surface area contributed by atoms with E-state index in [1.165, 1.54) is 22.6 Å². The van der Waals surface area contributed by atoms with Crippen molar-refractivity contribution in [3.8, 4) is 0 Å². The van der Waals surface area contributed by atoms with Crippen molar-refractivity contribution in [2.75, 3.05) is 16.8 Å². The first-order chi connectivity index (χ1) is 18.8. The Bertz CT molecular complexity index is 1470. The van der Waals surface area contributed by atoms with Crippen LogP contribution < -0.4 is 10.2 Å². The van der Waals surface area contributed by atoms with Gasteiger partial charge in [-0.05, 0) is 91.1 Å². The topological polar surface area (TPSA) is 92.8 Å². The number of imide groups is 1. The summed E-state index contributed by atoms with van der Waals surface area (Å²) in [4.78, 5) is 53.0. The van der Waals surface area contributed by atoms with Crippen molar-refractivity contribution in [2.24, 2.45) is 23.7 Å². The minimum Gasteiger partial charge on any atom is -0.452 e. The molecule has 3 amide bonds. The minimum absolute atomic E-state index is 0.140. The highest BCUT2D eigenvalue weighted by molar-refractivity contribution is 9.10. The predicted octanol–water partition coefficient (Wildman–Crippen LogP) is 5.48. The third-order valence-electron chi connectivity index (χ3n) is 8.38. The third-order valence-corrected chi connectivity index (χ3v) is 9.27. The normalized spacial score (nSPS) is 25.1. The number of amides is 3. The number of hydrogen-bond acceptors (Lipinski definition) is 5. The lowest BCUT2D eigenvalue weighted by molar-refractivity contribution is -0.123. The van der Waals surface area contributed by atoms with Gasteiger partial charge in [0.25, 0.3) is 5.91 Å². The molecule has 5 atom stereocenters. The predicted molar refractivity (Wildman–Crippen MR) is 149 cm³/mol. The Labute approximate surface area is 234 Å². The number of halogens is 1. The second-order valence-electron chi connectivity index (χ2n) is 10.6. The molecule has 39 heavy (non-hydrogen) atoms. The zero-order valence-electron chi connectivity index (χ0n) is 21.3. The molecule has 1 aliphatic heterocycles. The maximum absolute atomic E-state index is 13.5. The molecule has 198 valence electrons. The number of fused-ring (bicyclic) bond motifs is 5. The number of carbonyl (C=O) groups excluding carboxylic acids is 4. The number of carbonyl (C=O) groups is 4. The molecule has 3 aliphatic rings. The molecule has 0 radical (unpaired) electrons. The van der Waals surface area contributed by atoms with Gasteiger partial charge in [0, 0.05) is 10.2 Å². The fraction of sp³-hybridized carbons (Fsp3) is 0.290. The summed E-state index contributed by atoms with van der Waals surface area (Å²) in [5.74, 6) is -1.27. The lowest BCUT2D eigenvalue weighted by Gasteiger charge is -2.28. The van der Waals surface area contributed by atoms with Gasteiger partial charge in [-0.15, -0.1) is 0 Å². The molecule has 7 nitrogen and oxygen atoms in total. The number of benzene rings is 3. The van der Waals surface area contributed by atoms with E-state index in [0.717, 1.165) is 22.9 Å². The monoisotopic (exact) mass is 586 g/mol. The summed E-state index contributed by atoms with van der Waals surface area (Å²) in [6.07, 6.45) is 1.85. The maximum atomic E-state index is 13.5. The van der Waals surface area contributed by atoms with E-state index >= 15 is 0 Å². The number of aryl methyl sites for hydroxylation is 1. The van der Waals surface area contributed by atoms with Crippen LogP contribution in [0.2, 0.25) is 0 Å². The molecular weight excluding hydrogens is 560 g/mol. The average molecular weight is 587 g/mol. The quantitative estimate of drug-likeness (QED) is 0.305. The molecule has 3 fully saturated rings. The third kappa shape index (κ3) is 4.56. The smallest absolute Gasteiger partial charge is 0.338 e. The lowest BCUT2D eigenvalue weighted by Crippen LogP contribution is -2.33. The molecule has 2 bridgehead atoms. The number of ether oxygens (including phenoxy) is 1. The van der Waals surface area contributed by atoms with Crippen LogP contribution in [0.3, 0.4) is 0 Å². The Morgan fingerprint density at radius 3 is 2.38 bits per heavy atom. The van der Waals surface area contributed by atoms with E-state index in [0.29, 0.717) is 17.3 Å². The van der Waals surface area contributed by atoms with Gasteiger partial charge in [-0.25, -0.2) is 4.79 Å². The molecule has 1 N–H and O–H groups in total. The first kappa shape index (κ1) is 25.5. The molecule has 2 aliphatic carbocycles. The van der Waals surface area contributed by atoms with Crippen molar-refractivity contribution in [1.82, 2.24) is 0 Å². The lowest BCUT2D eigenvalue weighted by atomic mass is 9.73. The standard InChI is InChI=1S/C31H27BrN2O5/c1-17-13-21(9-12-25(17)32)33-26(35)16-39-31(38)19-7-10-22(11-8-19)34-29(36)27-20-14-23(18-5-3-2-4-6-18)24(15-20)28(27)30(34)37/h2-13,20,23-24,27-28H,14-16H2,1H3,(H,33,35)/t20-,23-,24+,27+,28-/m0/s1. The van der Waals surface area contributed by atoms with Crippen LogP contribution >= 0.6 is 15.9 Å². The van der Waals surface area contributed by atoms with Crippen molar-refractivity contribution >= 4 is 51.0 Å². The van der Waals surface area contributed by atoms with Gasteiger partial charge in [-0.3, -0.25) is 19.3 Å². The van der Waals surface area contributed by atoms with Crippen LogP contribution in [0.25, 0.3) is 0 Å². The molecule has 1 saturated heterocycles. The Balaban J connectivity index is 1.09. The van der Waals surface area contributed by atoms with Crippen LogP contribution in [-0.4, -0.2) is 30.3 Å². The van der Waals surface area contributed by atoms with Crippen LogP contribution in [0.4, 0.5) is 11.4 Å². The van der Waals surface area contributed by atoms with Crippen LogP contribution in [0.1, 0.15) is 40.2 Å². The summed E-state index contributed by atoms with van der Waals surface area (Å²) in [7, 11) is 0. The molecule has 0 aromatic heterocycles. The first-order valence-electron chi connectivity index (χ1n) is 13.1. The minimum atomic E-state index is -0.664. The fourth-order valence-electron chi connectivity index (χ4n) is 6.68. The van der Waals surface area contributed by atoms with Crippen molar-refractivity contribution in [2.45, 2.75) is 25.7 Å². The molecule has 0 unspecified atom stereocenters. The van der Waals surface area contributed by atoms with Gasteiger partial charge in [-0.1, -0.05) is 46.3 Å². The van der Waals surface area contributed by atoms with Gasteiger partial charge >= 0.3 is 5.97 Å². The number of nitrogens with zero attached hydrogens (tertiary/aromatic N) is 1. The zero-order chi connectivity index (χ0) is 27.3. The maximum Gasteiger partial charge on any atom is 0.338 e. The van der Waals surface area contributed by atoms with E-state index in [9.17, 15) is 19.2 Å². The highest BCUT2D eigenvalue weighted by Crippen LogP contribution is 2.61. The highest BCUT2D eigenvalue weighted by Gasteiger charge is 2.64. The van der Waals surface area contributed by atoms with Crippen molar-refractivity contribution in [3.63, 3.8) is 0 Å². The van der Waals surface area contributed by atoms with Crippen LogP contribution in [-0.2, 0) is 19.1 Å². The van der Waals surface area contributed by atoms with E-state index in [-0.39, 0.29) is 41.0 Å². The Kier molecular flexibility index (Phi) is 6.59. The number of esters is 1. The summed E-state index contributed by atoms with van der Waals surface area (Å²) in [6.45, 7) is 1.47. The second-order valence-corrected chi connectivity index (χ2v) is 11.5. The number of rotatable bonds is 6. The molecular formula is C31H27BrN2O5. The van der Waals surface area contributed by atoms with Gasteiger partial charge in [-0.2, -0.15) is 0 Å². The molecule has 8 heteroatoms. The zero-order valence-corrected chi connectivity index (χ0v) is 22.9. The van der Waals surface area contributed by atoms with Crippen molar-refractivity contribution in [3.05, 3.63) is 94.0 Å². The van der Waals surface area contributed by atoms with Gasteiger partial charge in [0.05, 0.1) is 23.1 Å². The molecule has 3 aromatic carbocycles. The summed E-state index contributed by atoms with van der Waals surface area (Å²) in [5.41, 5.74) is 3.50. The summed E-state index contributed by atoms with van der Waals surface area (Å²) in [5, 5.41) is 2.70. The SMILES string of the molecule is Cc1cc(NC(=O)COC(=O)c2ccc(N3C(=O)[C@@H]4[C@@H]5C[C@@H]([C@@H]4C3=O)[C@H](c3ccccc3)C5)cc2)ccc1Br. The number of hydrogen-bond donors (Lipinski definition) is 1. The first-order valence-corrected chi connectivity index (χ1v) is 13.9. The van der Waals surface area contributed by atoms with Crippen LogP contribution in [0, 0.1) is 30.6 Å². The van der Waals surface area contributed by atoms with Crippen LogP contribution in [0.15, 0.2) is 77.3 Å². The molecule has 6 rings (SSSR count). The molecule has 1 heterocycles. The second kappa shape index (κ2) is 10.1. The van der Waals surface area contributed by atoms with E-state index in [4.69, 9.17) is 4.74 Å². The van der Waals surface area contributed by atoms with E-state index in [1.54, 1.807) is 18.2 Å². The number of anilines is 2. The molecule has 3 aromatic rings. The molecule has 2 saturated carbocycles. The summed E-state index contributed by atoms with van der Waals surface area (Å²) < 4.78 is 6.10. The average Bonchev–Trinajstić information content (AvgIpc) is 3.61. The van der Waals surface area contributed by atoms with Crippen molar-refractivity contribution < 1.29 is 23.9 Å². The molecule has 0 spiro atoms. The number of nitrogens with one attached hydrogen (secondary N) is 1. The van der Waals surface area contributed by atoms with E-state index < -0.39 is 18.5 Å². The highest BCUT2D eigenvalue weighted by atomic mass is 79.9. The largest absolute Gasteiger partial charge is 0.452 e.